The SMILES string of the molecule is Cc1ccc(S(=O)(=O)O[C@H]2CC[C@@H](Oc3ccccn3)CC2)cc1. The normalized spacial score (nSPS) is 21.4. The van der Waals surface area contributed by atoms with Crippen LogP contribution in [0.4, 0.5) is 0 Å². The van der Waals surface area contributed by atoms with Gasteiger partial charge in [-0.25, -0.2) is 4.98 Å². The molecular weight excluding hydrogens is 326 g/mol. The Bertz CT molecular complexity index is 751. The van der Waals surface area contributed by atoms with Gasteiger partial charge in [0.15, 0.2) is 0 Å². The zero-order valence-corrected chi connectivity index (χ0v) is 14.4. The molecule has 0 radical (unpaired) electrons. The van der Waals surface area contributed by atoms with Gasteiger partial charge < -0.3 is 4.74 Å². The first-order valence-electron chi connectivity index (χ1n) is 8.10. The fourth-order valence-electron chi connectivity index (χ4n) is 2.77. The molecule has 1 aliphatic carbocycles. The molecule has 0 saturated heterocycles. The van der Waals surface area contributed by atoms with Crippen LogP contribution in [0.25, 0.3) is 0 Å². The van der Waals surface area contributed by atoms with Gasteiger partial charge in [0, 0.05) is 12.3 Å². The van der Waals surface area contributed by atoms with Gasteiger partial charge in [0.25, 0.3) is 10.1 Å². The molecule has 0 spiro atoms. The van der Waals surface area contributed by atoms with Crippen molar-refractivity contribution < 1.29 is 17.3 Å². The van der Waals surface area contributed by atoms with Gasteiger partial charge in [0.1, 0.15) is 6.10 Å². The van der Waals surface area contributed by atoms with E-state index in [0.717, 1.165) is 18.4 Å². The van der Waals surface area contributed by atoms with E-state index in [-0.39, 0.29) is 17.1 Å². The molecule has 0 unspecified atom stereocenters. The van der Waals surface area contributed by atoms with Crippen molar-refractivity contribution in [2.45, 2.75) is 49.7 Å². The molecule has 1 saturated carbocycles. The second kappa shape index (κ2) is 7.32. The number of hydrogen-bond donors (Lipinski definition) is 0. The number of aryl methyl sites for hydroxylation is 1. The van der Waals surface area contributed by atoms with Crippen LogP contribution < -0.4 is 4.74 Å². The van der Waals surface area contributed by atoms with Crippen LogP contribution in [0, 0.1) is 6.92 Å². The summed E-state index contributed by atoms with van der Waals surface area (Å²) in [6, 6.07) is 12.3. The highest BCUT2D eigenvalue weighted by Gasteiger charge is 2.28. The van der Waals surface area contributed by atoms with Gasteiger partial charge in [-0.1, -0.05) is 23.8 Å². The Kier molecular flexibility index (Phi) is 5.16. The van der Waals surface area contributed by atoms with E-state index in [1.54, 1.807) is 30.5 Å². The zero-order valence-electron chi connectivity index (χ0n) is 13.6. The maximum absolute atomic E-state index is 12.3. The van der Waals surface area contributed by atoms with E-state index in [9.17, 15) is 8.42 Å². The van der Waals surface area contributed by atoms with Gasteiger partial charge in [-0.2, -0.15) is 8.42 Å². The van der Waals surface area contributed by atoms with E-state index in [1.165, 1.54) is 0 Å². The van der Waals surface area contributed by atoms with Crippen LogP contribution in [0.3, 0.4) is 0 Å². The smallest absolute Gasteiger partial charge is 0.297 e. The van der Waals surface area contributed by atoms with E-state index >= 15 is 0 Å². The number of benzene rings is 1. The molecule has 24 heavy (non-hydrogen) atoms. The first kappa shape index (κ1) is 16.9. The molecule has 1 fully saturated rings. The molecule has 3 rings (SSSR count). The van der Waals surface area contributed by atoms with Crippen molar-refractivity contribution in [2.75, 3.05) is 0 Å². The quantitative estimate of drug-likeness (QED) is 0.775. The van der Waals surface area contributed by atoms with Crippen molar-refractivity contribution in [1.82, 2.24) is 4.98 Å². The molecule has 1 aliphatic rings. The molecule has 0 aliphatic heterocycles. The summed E-state index contributed by atoms with van der Waals surface area (Å²) < 4.78 is 35.9. The minimum atomic E-state index is -3.71. The summed E-state index contributed by atoms with van der Waals surface area (Å²) in [5.74, 6) is 0.606. The molecule has 0 atom stereocenters. The van der Waals surface area contributed by atoms with Crippen LogP contribution in [-0.4, -0.2) is 25.6 Å². The summed E-state index contributed by atoms with van der Waals surface area (Å²) in [5.41, 5.74) is 1.01. The van der Waals surface area contributed by atoms with Crippen molar-refractivity contribution in [3.8, 4) is 5.88 Å². The van der Waals surface area contributed by atoms with Gasteiger partial charge in [-0.15, -0.1) is 0 Å². The summed E-state index contributed by atoms with van der Waals surface area (Å²) >= 11 is 0. The third-order valence-corrected chi connectivity index (χ3v) is 5.49. The molecule has 0 N–H and O–H groups in total. The lowest BCUT2D eigenvalue weighted by molar-refractivity contribution is 0.0814. The van der Waals surface area contributed by atoms with Gasteiger partial charge in [-0.3, -0.25) is 4.18 Å². The minimum Gasteiger partial charge on any atom is -0.474 e. The van der Waals surface area contributed by atoms with E-state index in [1.807, 2.05) is 25.1 Å². The number of rotatable bonds is 5. The van der Waals surface area contributed by atoms with Crippen molar-refractivity contribution in [3.05, 3.63) is 54.2 Å². The van der Waals surface area contributed by atoms with Crippen molar-refractivity contribution in [3.63, 3.8) is 0 Å². The first-order valence-corrected chi connectivity index (χ1v) is 9.51. The second-order valence-electron chi connectivity index (χ2n) is 6.05. The van der Waals surface area contributed by atoms with Gasteiger partial charge >= 0.3 is 0 Å². The maximum Gasteiger partial charge on any atom is 0.297 e. The van der Waals surface area contributed by atoms with Crippen LogP contribution in [-0.2, 0) is 14.3 Å². The lowest BCUT2D eigenvalue weighted by Crippen LogP contribution is -2.30. The van der Waals surface area contributed by atoms with Gasteiger partial charge in [0.2, 0.25) is 5.88 Å². The minimum absolute atomic E-state index is 0.0572. The standard InChI is InChI=1S/C18H21NO4S/c1-14-5-11-17(12-6-14)24(20,21)23-16-9-7-15(8-10-16)22-18-4-2-3-13-19-18/h2-6,11-13,15-16H,7-10H2,1H3/t15-,16+. The number of hydrogen-bond acceptors (Lipinski definition) is 5. The Hall–Kier alpha value is -1.92. The molecule has 2 aromatic rings. The van der Waals surface area contributed by atoms with Crippen LogP contribution >= 0.6 is 0 Å². The first-order chi connectivity index (χ1) is 11.5. The Morgan fingerprint density at radius 3 is 2.25 bits per heavy atom. The predicted molar refractivity (Wildman–Crippen MR) is 90.4 cm³/mol. The number of ether oxygens (including phenoxy) is 1. The van der Waals surface area contributed by atoms with Gasteiger partial charge in [0.05, 0.1) is 11.0 Å². The molecule has 1 aromatic carbocycles. The highest BCUT2D eigenvalue weighted by atomic mass is 32.2. The fourth-order valence-corrected chi connectivity index (χ4v) is 3.90. The zero-order chi connectivity index (χ0) is 17.0. The predicted octanol–water partition coefficient (Wildman–Crippen LogP) is 3.49. The monoisotopic (exact) mass is 347 g/mol. The molecule has 5 nitrogen and oxygen atoms in total. The number of aromatic nitrogens is 1. The summed E-state index contributed by atoms with van der Waals surface area (Å²) in [7, 11) is -3.71. The van der Waals surface area contributed by atoms with E-state index < -0.39 is 10.1 Å². The molecule has 0 bridgehead atoms. The number of nitrogens with zero attached hydrogens (tertiary/aromatic N) is 1. The van der Waals surface area contributed by atoms with Crippen molar-refractivity contribution >= 4 is 10.1 Å². The van der Waals surface area contributed by atoms with E-state index in [0.29, 0.717) is 18.7 Å². The van der Waals surface area contributed by atoms with Crippen LogP contribution in [0.15, 0.2) is 53.6 Å². The fraction of sp³-hybridized carbons (Fsp3) is 0.389. The Balaban J connectivity index is 1.54. The maximum atomic E-state index is 12.3. The Morgan fingerprint density at radius 1 is 0.958 bits per heavy atom. The highest BCUT2D eigenvalue weighted by molar-refractivity contribution is 7.86. The lowest BCUT2D eigenvalue weighted by Gasteiger charge is -2.28. The molecule has 1 heterocycles. The second-order valence-corrected chi connectivity index (χ2v) is 7.62. The molecule has 0 amide bonds. The lowest BCUT2D eigenvalue weighted by atomic mass is 9.95. The van der Waals surface area contributed by atoms with Crippen molar-refractivity contribution in [1.29, 1.82) is 0 Å². The van der Waals surface area contributed by atoms with Crippen molar-refractivity contribution in [2.24, 2.45) is 0 Å². The summed E-state index contributed by atoms with van der Waals surface area (Å²) in [6.07, 6.45) is 4.28. The molecule has 128 valence electrons. The van der Waals surface area contributed by atoms with Crippen LogP contribution in [0.5, 0.6) is 5.88 Å². The van der Waals surface area contributed by atoms with Gasteiger partial charge in [-0.05, 0) is 50.8 Å². The third-order valence-electron chi connectivity index (χ3n) is 4.12. The Labute approximate surface area is 142 Å². The van der Waals surface area contributed by atoms with E-state index in [2.05, 4.69) is 4.98 Å². The van der Waals surface area contributed by atoms with Crippen LogP contribution in [0.1, 0.15) is 31.2 Å². The Morgan fingerprint density at radius 2 is 1.62 bits per heavy atom. The average molecular weight is 347 g/mol. The molecule has 1 aromatic heterocycles. The molecular formula is C18H21NO4S. The average Bonchev–Trinajstić information content (AvgIpc) is 2.58. The summed E-state index contributed by atoms with van der Waals surface area (Å²) in [6.45, 7) is 1.92. The summed E-state index contributed by atoms with van der Waals surface area (Å²) in [4.78, 5) is 4.36. The van der Waals surface area contributed by atoms with E-state index in [4.69, 9.17) is 8.92 Å². The van der Waals surface area contributed by atoms with Crippen LogP contribution in [0.2, 0.25) is 0 Å². The largest absolute Gasteiger partial charge is 0.474 e. The third kappa shape index (κ3) is 4.33. The topological polar surface area (TPSA) is 65.5 Å². The number of pyridine rings is 1. The molecule has 6 heteroatoms. The highest BCUT2D eigenvalue weighted by Crippen LogP contribution is 2.27. The summed E-state index contributed by atoms with van der Waals surface area (Å²) in [5, 5.41) is 0.